The van der Waals surface area contributed by atoms with Crippen LogP contribution in [0.25, 0.3) is 22.6 Å². The Bertz CT molecular complexity index is 1430. The summed E-state index contributed by atoms with van der Waals surface area (Å²) in [5, 5.41) is 7.31. The molecule has 0 radical (unpaired) electrons. The van der Waals surface area contributed by atoms with E-state index < -0.39 is 11.6 Å². The topological polar surface area (TPSA) is 132 Å². The van der Waals surface area contributed by atoms with Gasteiger partial charge in [0.2, 0.25) is 5.89 Å². The minimum Gasteiger partial charge on any atom is -0.496 e. The van der Waals surface area contributed by atoms with E-state index in [2.05, 4.69) is 37.4 Å². The highest BCUT2D eigenvalue weighted by Gasteiger charge is 2.43. The third-order valence-corrected chi connectivity index (χ3v) is 8.30. The molecular weight excluding hydrogens is 548 g/mol. The van der Waals surface area contributed by atoms with Crippen LogP contribution in [0.4, 0.5) is 0 Å². The summed E-state index contributed by atoms with van der Waals surface area (Å²) in [6.07, 6.45) is 13.0. The summed E-state index contributed by atoms with van der Waals surface area (Å²) in [5.74, 6) is 1.53. The first-order valence-electron chi connectivity index (χ1n) is 15.1. The molecule has 2 aromatic heterocycles. The highest BCUT2D eigenvalue weighted by Crippen LogP contribution is 2.36. The number of aromatic nitrogens is 3. The Kier molecular flexibility index (Phi) is 9.81. The predicted octanol–water partition coefficient (Wildman–Crippen LogP) is 5.13. The van der Waals surface area contributed by atoms with Gasteiger partial charge >= 0.3 is 0 Å². The second-order valence-corrected chi connectivity index (χ2v) is 11.4. The van der Waals surface area contributed by atoms with Gasteiger partial charge in [-0.3, -0.25) is 19.6 Å². The van der Waals surface area contributed by atoms with Crippen LogP contribution >= 0.6 is 0 Å². The third kappa shape index (κ3) is 7.45. The van der Waals surface area contributed by atoms with Gasteiger partial charge in [-0.2, -0.15) is 0 Å². The molecule has 0 unspecified atom stereocenters. The number of unbranched alkanes of at least 4 members (excludes halogenated alkanes) is 2. The molecule has 5 rings (SSSR count). The molecule has 0 bridgehead atoms. The predicted molar refractivity (Wildman–Crippen MR) is 161 cm³/mol. The molecule has 11 nitrogen and oxygen atoms in total. The lowest BCUT2D eigenvalue weighted by molar-refractivity contribution is -0.119. The minimum atomic E-state index is -0.468. The van der Waals surface area contributed by atoms with E-state index in [4.69, 9.17) is 14.0 Å². The first kappa shape index (κ1) is 30.3. The van der Waals surface area contributed by atoms with E-state index in [1.54, 1.807) is 31.9 Å². The number of likely N-dealkylation sites (tertiary alicyclic amines) is 1. The fraction of sp³-hybridized carbons (Fsp3) is 0.500. The molecule has 0 saturated carbocycles. The van der Waals surface area contributed by atoms with E-state index >= 15 is 0 Å². The zero-order chi connectivity index (χ0) is 30.2. The number of oxazole rings is 1. The largest absolute Gasteiger partial charge is 0.496 e. The molecule has 1 fully saturated rings. The molecule has 0 aliphatic carbocycles. The maximum absolute atomic E-state index is 13.4. The number of nitrogens with zero attached hydrogens (tertiary/aromatic N) is 5. The quantitative estimate of drug-likeness (QED) is 0.270. The van der Waals surface area contributed by atoms with Crippen LogP contribution in [0.5, 0.6) is 5.75 Å². The zero-order valence-electron chi connectivity index (χ0n) is 25.2. The Labute approximate surface area is 252 Å². The summed E-state index contributed by atoms with van der Waals surface area (Å²) < 4.78 is 11.9. The third-order valence-electron chi connectivity index (χ3n) is 8.30. The summed E-state index contributed by atoms with van der Waals surface area (Å²) in [4.78, 5) is 46.3. The van der Waals surface area contributed by atoms with Crippen LogP contribution in [0.15, 0.2) is 52.6 Å². The van der Waals surface area contributed by atoms with Crippen molar-refractivity contribution < 1.29 is 23.6 Å². The SMILES string of the molecule is CCC(=O)CCCCC[C@H](NC(=O)C1=NOC2(CCN(C)CC2)C1)c1ncc(-c2ccc(-c3cnccn3)cc2OC)o1. The number of carbonyl (C=O) groups excluding carboxylic acids is 2. The average molecular weight is 589 g/mol. The van der Waals surface area contributed by atoms with Gasteiger partial charge in [-0.1, -0.05) is 31.0 Å². The second kappa shape index (κ2) is 13.9. The van der Waals surface area contributed by atoms with Crippen molar-refractivity contribution in [3.05, 3.63) is 48.9 Å². The van der Waals surface area contributed by atoms with Gasteiger partial charge in [-0.05, 0) is 32.0 Å². The first-order valence-corrected chi connectivity index (χ1v) is 15.1. The van der Waals surface area contributed by atoms with Crippen molar-refractivity contribution in [1.82, 2.24) is 25.2 Å². The summed E-state index contributed by atoms with van der Waals surface area (Å²) in [5.41, 5.74) is 2.33. The summed E-state index contributed by atoms with van der Waals surface area (Å²) >= 11 is 0. The van der Waals surface area contributed by atoms with Gasteiger partial charge in [0.05, 0.1) is 30.8 Å². The molecule has 2 aliphatic heterocycles. The van der Waals surface area contributed by atoms with Crippen molar-refractivity contribution in [2.45, 2.75) is 76.4 Å². The van der Waals surface area contributed by atoms with Crippen molar-refractivity contribution in [2.75, 3.05) is 27.2 Å². The van der Waals surface area contributed by atoms with Crippen LogP contribution in [-0.2, 0) is 14.4 Å². The first-order chi connectivity index (χ1) is 20.9. The number of ketones is 1. The Hall–Kier alpha value is -4.12. The van der Waals surface area contributed by atoms with E-state index in [-0.39, 0.29) is 11.7 Å². The number of rotatable bonds is 13. The number of Topliss-reactive ketones (excluding diaryl/α,β-unsaturated/α-hetero) is 1. The van der Waals surface area contributed by atoms with E-state index in [1.807, 2.05) is 25.1 Å². The molecule has 2 aliphatic rings. The number of nitrogens with one attached hydrogen (secondary N) is 1. The van der Waals surface area contributed by atoms with E-state index in [0.717, 1.165) is 62.0 Å². The van der Waals surface area contributed by atoms with Gasteiger partial charge in [0.25, 0.3) is 5.91 Å². The Morgan fingerprint density at radius 1 is 1.12 bits per heavy atom. The van der Waals surface area contributed by atoms with Crippen LogP contribution in [0.2, 0.25) is 0 Å². The van der Waals surface area contributed by atoms with Gasteiger partial charge < -0.3 is 24.2 Å². The Morgan fingerprint density at radius 3 is 2.70 bits per heavy atom. The lowest BCUT2D eigenvalue weighted by atomic mass is 9.87. The number of hydrogen-bond donors (Lipinski definition) is 1. The molecule has 1 spiro atoms. The van der Waals surface area contributed by atoms with Gasteiger partial charge in [0.1, 0.15) is 28.9 Å². The molecule has 1 saturated heterocycles. The van der Waals surface area contributed by atoms with Gasteiger partial charge in [-0.25, -0.2) is 4.98 Å². The number of amides is 1. The lowest BCUT2D eigenvalue weighted by Gasteiger charge is -2.35. The number of benzene rings is 1. The zero-order valence-corrected chi connectivity index (χ0v) is 25.2. The highest BCUT2D eigenvalue weighted by molar-refractivity contribution is 6.39. The van der Waals surface area contributed by atoms with Crippen LogP contribution in [-0.4, -0.2) is 70.1 Å². The monoisotopic (exact) mass is 588 g/mol. The van der Waals surface area contributed by atoms with Gasteiger partial charge in [-0.15, -0.1) is 0 Å². The second-order valence-electron chi connectivity index (χ2n) is 11.4. The summed E-state index contributed by atoms with van der Waals surface area (Å²) in [6, 6.07) is 5.25. The fourth-order valence-electron chi connectivity index (χ4n) is 5.54. The van der Waals surface area contributed by atoms with Crippen LogP contribution in [0.3, 0.4) is 0 Å². The van der Waals surface area contributed by atoms with Crippen LogP contribution < -0.4 is 10.1 Å². The molecule has 3 aromatic rings. The highest BCUT2D eigenvalue weighted by atomic mass is 16.7. The normalized spacial score (nSPS) is 16.9. The maximum Gasteiger partial charge on any atom is 0.269 e. The Balaban J connectivity index is 1.31. The molecule has 43 heavy (non-hydrogen) atoms. The smallest absolute Gasteiger partial charge is 0.269 e. The summed E-state index contributed by atoms with van der Waals surface area (Å²) in [7, 11) is 3.69. The standard InChI is InChI=1S/C32H40N6O5/c1-4-23(39)8-6-5-7-9-25(36-30(40)26-19-32(43-37-26)12-16-38(2)17-13-32)31-35-21-29(42-31)24-11-10-22(18-28(24)41-3)27-20-33-14-15-34-27/h10-11,14-15,18,20-21,25H,4-9,12-13,16-17,19H2,1-3H3,(H,36,40)/t25-/m0/s1. The van der Waals surface area contributed by atoms with Crippen molar-refractivity contribution in [3.8, 4) is 28.3 Å². The Morgan fingerprint density at radius 2 is 1.95 bits per heavy atom. The van der Waals surface area contributed by atoms with Gasteiger partial charge in [0.15, 0.2) is 5.76 Å². The number of hydrogen-bond acceptors (Lipinski definition) is 10. The molecule has 1 atom stereocenters. The van der Waals surface area contributed by atoms with Crippen molar-refractivity contribution in [1.29, 1.82) is 0 Å². The number of carbonyl (C=O) groups is 2. The average Bonchev–Trinajstić information content (AvgIpc) is 3.70. The fourth-order valence-corrected chi connectivity index (χ4v) is 5.54. The number of methoxy groups -OCH3 is 1. The molecule has 11 heteroatoms. The minimum absolute atomic E-state index is 0.267. The number of oxime groups is 1. The van der Waals surface area contributed by atoms with Crippen molar-refractivity contribution >= 4 is 17.4 Å². The van der Waals surface area contributed by atoms with Gasteiger partial charge in [0, 0.05) is 63.2 Å². The van der Waals surface area contributed by atoms with Crippen molar-refractivity contribution in [3.63, 3.8) is 0 Å². The van der Waals surface area contributed by atoms with E-state index in [9.17, 15) is 9.59 Å². The molecule has 4 heterocycles. The van der Waals surface area contributed by atoms with Crippen LogP contribution in [0, 0.1) is 0 Å². The molecule has 1 aromatic carbocycles. The molecular formula is C32H40N6O5. The van der Waals surface area contributed by atoms with Crippen LogP contribution in [0.1, 0.15) is 76.6 Å². The molecule has 1 amide bonds. The molecule has 1 N–H and O–H groups in total. The van der Waals surface area contributed by atoms with E-state index in [0.29, 0.717) is 48.8 Å². The number of ether oxygens (including phenoxy) is 1. The molecule has 228 valence electrons. The van der Waals surface area contributed by atoms with E-state index in [1.165, 1.54) is 0 Å². The summed E-state index contributed by atoms with van der Waals surface area (Å²) in [6.45, 7) is 3.71. The van der Waals surface area contributed by atoms with Crippen molar-refractivity contribution in [2.24, 2.45) is 5.16 Å². The maximum atomic E-state index is 13.4. The lowest BCUT2D eigenvalue weighted by Crippen LogP contribution is -2.44. The number of piperidine rings is 1.